The van der Waals surface area contributed by atoms with Gasteiger partial charge in [0, 0.05) is 6.20 Å². The summed E-state index contributed by atoms with van der Waals surface area (Å²) < 4.78 is 40.6. The van der Waals surface area contributed by atoms with Crippen molar-refractivity contribution in [3.05, 3.63) is 41.2 Å². The zero-order valence-corrected chi connectivity index (χ0v) is 10.9. The number of fused-ring (bicyclic) bond motifs is 1. The number of hydrogen-bond acceptors (Lipinski definition) is 4. The van der Waals surface area contributed by atoms with E-state index in [-0.39, 0.29) is 5.69 Å². The van der Waals surface area contributed by atoms with Gasteiger partial charge >= 0.3 is 12.1 Å². The highest BCUT2D eigenvalue weighted by molar-refractivity contribution is 7.17. The van der Waals surface area contributed by atoms with Gasteiger partial charge in [0.2, 0.25) is 0 Å². The highest BCUT2D eigenvalue weighted by Gasteiger charge is 2.40. The molecule has 0 fully saturated rings. The van der Waals surface area contributed by atoms with Crippen LogP contribution in [-0.2, 0) is 6.18 Å². The molecule has 108 valence electrons. The Morgan fingerprint density at radius 3 is 2.76 bits per heavy atom. The van der Waals surface area contributed by atoms with Gasteiger partial charge in [-0.15, -0.1) is 11.3 Å². The van der Waals surface area contributed by atoms with Crippen molar-refractivity contribution in [3.8, 4) is 5.69 Å². The fraction of sp³-hybridized carbons (Fsp3) is 0.0833. The minimum Gasteiger partial charge on any atom is -0.478 e. The second-order valence-electron chi connectivity index (χ2n) is 4.09. The summed E-state index contributed by atoms with van der Waals surface area (Å²) in [6.07, 6.45) is -2.78. The number of aromatic nitrogens is 3. The topological polar surface area (TPSA) is 68.0 Å². The first-order valence-corrected chi connectivity index (χ1v) is 6.48. The van der Waals surface area contributed by atoms with E-state index in [4.69, 9.17) is 5.11 Å². The Morgan fingerprint density at radius 2 is 2.10 bits per heavy atom. The lowest BCUT2D eigenvalue weighted by molar-refractivity contribution is -0.143. The van der Waals surface area contributed by atoms with Crippen LogP contribution in [0.5, 0.6) is 0 Å². The number of carboxylic acids is 1. The molecule has 0 aliphatic rings. The molecule has 0 unspecified atom stereocenters. The molecule has 3 heterocycles. The molecule has 9 heteroatoms. The van der Waals surface area contributed by atoms with Crippen molar-refractivity contribution in [2.24, 2.45) is 0 Å². The van der Waals surface area contributed by atoms with Gasteiger partial charge < -0.3 is 5.11 Å². The Morgan fingerprint density at radius 1 is 1.33 bits per heavy atom. The molecule has 0 saturated carbocycles. The first kappa shape index (κ1) is 13.6. The van der Waals surface area contributed by atoms with Gasteiger partial charge in [-0.3, -0.25) is 4.98 Å². The Hall–Kier alpha value is -2.42. The summed E-state index contributed by atoms with van der Waals surface area (Å²) in [5.41, 5.74) is -1.52. The van der Waals surface area contributed by atoms with Crippen molar-refractivity contribution in [1.29, 1.82) is 0 Å². The summed E-state index contributed by atoms with van der Waals surface area (Å²) in [7, 11) is 0. The lowest BCUT2D eigenvalue weighted by Gasteiger charge is -2.12. The Kier molecular flexibility index (Phi) is 2.94. The smallest absolute Gasteiger partial charge is 0.434 e. The third-order valence-corrected chi connectivity index (χ3v) is 3.75. The second kappa shape index (κ2) is 4.55. The highest BCUT2D eigenvalue weighted by Crippen LogP contribution is 2.35. The monoisotopic (exact) mass is 313 g/mol. The summed E-state index contributed by atoms with van der Waals surface area (Å²) in [4.78, 5) is 15.0. The Labute approximate surface area is 119 Å². The fourth-order valence-electron chi connectivity index (χ4n) is 1.99. The molecule has 0 atom stereocenters. The molecule has 0 aromatic carbocycles. The maximum Gasteiger partial charge on any atom is 0.434 e. The molecule has 1 N–H and O–H groups in total. The van der Waals surface area contributed by atoms with Gasteiger partial charge in [-0.25, -0.2) is 9.48 Å². The van der Waals surface area contributed by atoms with Crippen molar-refractivity contribution < 1.29 is 23.1 Å². The maximum atomic E-state index is 13.2. The van der Waals surface area contributed by atoms with E-state index in [0.717, 1.165) is 0 Å². The first-order valence-electron chi connectivity index (χ1n) is 5.60. The van der Waals surface area contributed by atoms with Crippen LogP contribution in [0.1, 0.15) is 16.1 Å². The van der Waals surface area contributed by atoms with E-state index in [1.54, 1.807) is 11.4 Å². The van der Waals surface area contributed by atoms with Gasteiger partial charge in [0.05, 0.1) is 22.1 Å². The van der Waals surface area contributed by atoms with Crippen LogP contribution in [0.3, 0.4) is 0 Å². The minimum absolute atomic E-state index is 0.148. The fourth-order valence-corrected chi connectivity index (χ4v) is 2.84. The molecule has 3 aromatic heterocycles. The van der Waals surface area contributed by atoms with Crippen molar-refractivity contribution in [3.63, 3.8) is 0 Å². The van der Waals surface area contributed by atoms with Crippen LogP contribution in [0.25, 0.3) is 15.9 Å². The van der Waals surface area contributed by atoms with Crippen molar-refractivity contribution in [2.75, 3.05) is 0 Å². The summed E-state index contributed by atoms with van der Waals surface area (Å²) in [6.45, 7) is 0. The predicted molar refractivity (Wildman–Crippen MR) is 68.7 cm³/mol. The standard InChI is InChI=1S/C12H6F3N3O2S/c13-12(14,15)10-6(11(19)20)5-17-18(10)8-1-3-16-7-2-4-21-9(7)8/h1-5H,(H,19,20). The number of pyridine rings is 1. The minimum atomic E-state index is -4.84. The molecule has 0 bridgehead atoms. The molecule has 5 nitrogen and oxygen atoms in total. The van der Waals surface area contributed by atoms with Crippen molar-refractivity contribution in [2.45, 2.75) is 6.18 Å². The number of carbonyl (C=O) groups is 1. The van der Waals surface area contributed by atoms with Crippen LogP contribution >= 0.6 is 11.3 Å². The van der Waals surface area contributed by atoms with Gasteiger partial charge in [-0.05, 0) is 17.5 Å². The number of aromatic carboxylic acids is 1. The lowest BCUT2D eigenvalue weighted by atomic mass is 10.2. The Bertz CT molecular complexity index is 838. The molecule has 3 aromatic rings. The van der Waals surface area contributed by atoms with E-state index in [1.807, 2.05) is 0 Å². The number of halogens is 3. The van der Waals surface area contributed by atoms with Crippen LogP contribution in [-0.4, -0.2) is 25.8 Å². The zero-order valence-electron chi connectivity index (χ0n) is 10.1. The van der Waals surface area contributed by atoms with Gasteiger partial charge in [-0.2, -0.15) is 18.3 Å². The number of carboxylic acid groups (broad SMARTS) is 1. The molecule has 0 saturated heterocycles. The van der Waals surface area contributed by atoms with Gasteiger partial charge in [0.1, 0.15) is 5.56 Å². The van der Waals surface area contributed by atoms with Gasteiger partial charge in [0.25, 0.3) is 0 Å². The molecule has 0 amide bonds. The summed E-state index contributed by atoms with van der Waals surface area (Å²) in [5, 5.41) is 14.2. The quantitative estimate of drug-likeness (QED) is 0.789. The van der Waals surface area contributed by atoms with Crippen LogP contribution in [0, 0.1) is 0 Å². The van der Waals surface area contributed by atoms with E-state index in [2.05, 4.69) is 10.1 Å². The van der Waals surface area contributed by atoms with Gasteiger partial charge in [-0.1, -0.05) is 0 Å². The molecule has 0 aliphatic heterocycles. The number of nitrogens with zero attached hydrogens (tertiary/aromatic N) is 3. The predicted octanol–water partition coefficient (Wildman–Crippen LogP) is 3.20. The highest BCUT2D eigenvalue weighted by atomic mass is 32.1. The number of hydrogen-bond donors (Lipinski definition) is 1. The summed E-state index contributed by atoms with van der Waals surface area (Å²) >= 11 is 1.21. The molecule has 0 aliphatic carbocycles. The average molecular weight is 313 g/mol. The third-order valence-electron chi connectivity index (χ3n) is 2.82. The van der Waals surface area contributed by atoms with Crippen LogP contribution in [0.2, 0.25) is 0 Å². The number of thiophene rings is 1. The molecule has 0 radical (unpaired) electrons. The van der Waals surface area contributed by atoms with Crippen LogP contribution in [0.15, 0.2) is 29.9 Å². The molecular formula is C12H6F3N3O2S. The average Bonchev–Trinajstić information content (AvgIpc) is 3.04. The third kappa shape index (κ3) is 2.15. The van der Waals surface area contributed by atoms with Crippen LogP contribution < -0.4 is 0 Å². The van der Waals surface area contributed by atoms with Gasteiger partial charge in [0.15, 0.2) is 5.69 Å². The van der Waals surface area contributed by atoms with E-state index in [0.29, 0.717) is 21.1 Å². The second-order valence-corrected chi connectivity index (χ2v) is 5.00. The van der Waals surface area contributed by atoms with Crippen molar-refractivity contribution in [1.82, 2.24) is 14.8 Å². The molecular weight excluding hydrogens is 307 g/mol. The number of alkyl halides is 3. The molecule has 3 rings (SSSR count). The SMILES string of the molecule is O=C(O)c1cnn(-c2ccnc3ccsc23)c1C(F)(F)F. The maximum absolute atomic E-state index is 13.2. The normalized spacial score (nSPS) is 12.0. The van der Waals surface area contributed by atoms with E-state index < -0.39 is 23.4 Å². The molecule has 0 spiro atoms. The Balaban J connectivity index is 2.33. The van der Waals surface area contributed by atoms with E-state index >= 15 is 0 Å². The lowest BCUT2D eigenvalue weighted by Crippen LogP contribution is -2.17. The van der Waals surface area contributed by atoms with Crippen LogP contribution in [0.4, 0.5) is 13.2 Å². The van der Waals surface area contributed by atoms with Crippen molar-refractivity contribution >= 4 is 27.5 Å². The number of rotatable bonds is 2. The summed E-state index contributed by atoms with van der Waals surface area (Å²) in [6, 6.07) is 3.03. The zero-order chi connectivity index (χ0) is 15.2. The first-order chi connectivity index (χ1) is 9.89. The molecule has 21 heavy (non-hydrogen) atoms. The van der Waals surface area contributed by atoms with E-state index in [1.165, 1.54) is 23.6 Å². The summed E-state index contributed by atoms with van der Waals surface area (Å²) in [5.74, 6) is -1.68. The largest absolute Gasteiger partial charge is 0.478 e. The van der Waals surface area contributed by atoms with E-state index in [9.17, 15) is 18.0 Å².